The summed E-state index contributed by atoms with van der Waals surface area (Å²) in [5.41, 5.74) is 7.91. The van der Waals surface area contributed by atoms with Gasteiger partial charge in [0.2, 0.25) is 10.0 Å². The minimum Gasteiger partial charge on any atom is -0.330 e. The molecule has 9 heteroatoms. The van der Waals surface area contributed by atoms with Crippen molar-refractivity contribution in [1.29, 1.82) is 0 Å². The maximum atomic E-state index is 13.2. The van der Waals surface area contributed by atoms with Crippen molar-refractivity contribution in [1.82, 2.24) is 4.90 Å². The molecule has 1 saturated heterocycles. The van der Waals surface area contributed by atoms with Crippen molar-refractivity contribution < 1.29 is 13.2 Å². The second-order valence-corrected chi connectivity index (χ2v) is 10.3. The van der Waals surface area contributed by atoms with Crippen LogP contribution in [0, 0.1) is 5.92 Å². The Kier molecular flexibility index (Phi) is 6.25. The summed E-state index contributed by atoms with van der Waals surface area (Å²) in [5, 5.41) is 5.88. The quantitative estimate of drug-likeness (QED) is 0.711. The molecule has 0 bridgehead atoms. The van der Waals surface area contributed by atoms with Crippen LogP contribution in [0.15, 0.2) is 53.4 Å². The zero-order valence-electron chi connectivity index (χ0n) is 17.2. The Labute approximate surface area is 188 Å². The molecule has 0 spiro atoms. The highest BCUT2D eigenvalue weighted by atomic mass is 35.5. The predicted molar refractivity (Wildman–Crippen MR) is 122 cm³/mol. The van der Waals surface area contributed by atoms with Gasteiger partial charge in [0.1, 0.15) is 0 Å². The lowest BCUT2D eigenvalue weighted by Crippen LogP contribution is -2.44. The maximum Gasteiger partial charge on any atom is 0.324 e. The normalized spacial score (nSPS) is 24.6. The predicted octanol–water partition coefficient (Wildman–Crippen LogP) is 3.14. The summed E-state index contributed by atoms with van der Waals surface area (Å²) in [6.07, 6.45) is 2.74. The van der Waals surface area contributed by atoms with Gasteiger partial charge in [0.25, 0.3) is 0 Å². The molecule has 2 aromatic carbocycles. The summed E-state index contributed by atoms with van der Waals surface area (Å²) in [7, 11) is -3.76. The first-order chi connectivity index (χ1) is 14.8. The van der Waals surface area contributed by atoms with Gasteiger partial charge in [-0.2, -0.15) is 0 Å². The molecular weight excluding hydrogens is 436 g/mol. The van der Waals surface area contributed by atoms with Gasteiger partial charge in [0.15, 0.2) is 0 Å². The first kappa shape index (κ1) is 22.1. The Hall–Kier alpha value is -2.13. The van der Waals surface area contributed by atoms with Crippen molar-refractivity contribution in [2.45, 2.75) is 36.1 Å². The van der Waals surface area contributed by atoms with Crippen LogP contribution in [-0.2, 0) is 10.0 Å². The van der Waals surface area contributed by atoms with Gasteiger partial charge < -0.3 is 10.6 Å². The second-order valence-electron chi connectivity index (χ2n) is 8.29. The summed E-state index contributed by atoms with van der Waals surface area (Å²) >= 11 is 6.22. The van der Waals surface area contributed by atoms with Crippen LogP contribution >= 0.6 is 11.6 Å². The number of hydrogen-bond acceptors (Lipinski definition) is 4. The van der Waals surface area contributed by atoms with E-state index in [9.17, 15) is 13.2 Å². The molecular formula is C22H27ClN4O3S. The Bertz CT molecular complexity index is 1060. The number of halogens is 1. The number of carbonyl (C=O) groups excluding carboxylic acids is 1. The molecule has 0 radical (unpaired) electrons. The van der Waals surface area contributed by atoms with Crippen molar-refractivity contribution >= 4 is 33.3 Å². The molecule has 1 aliphatic carbocycles. The molecule has 4 rings (SSSR count). The van der Waals surface area contributed by atoms with E-state index in [-0.39, 0.29) is 22.9 Å². The van der Waals surface area contributed by atoms with E-state index in [2.05, 4.69) is 6.07 Å². The Balaban J connectivity index is 1.50. The van der Waals surface area contributed by atoms with E-state index in [4.69, 9.17) is 22.5 Å². The van der Waals surface area contributed by atoms with Gasteiger partial charge in [-0.05, 0) is 79.6 Å². The number of benzene rings is 2. The van der Waals surface area contributed by atoms with Crippen LogP contribution in [0.5, 0.6) is 0 Å². The van der Waals surface area contributed by atoms with Crippen molar-refractivity contribution in [2.75, 3.05) is 24.5 Å². The third-order valence-corrected chi connectivity index (χ3v) is 7.67. The number of nitrogens with two attached hydrogens (primary N) is 2. The lowest BCUT2D eigenvalue weighted by atomic mass is 9.73. The average molecular weight is 463 g/mol. The number of urea groups is 1. The molecule has 2 aliphatic rings. The summed E-state index contributed by atoms with van der Waals surface area (Å²) < 4.78 is 23.0. The standard InChI is InChI=1S/C22H27ClN4O3S/c23-17-3-1-2-15(12-17)21-13-19(5-4-16(21)14-24)27-11-10-26(22(27)28)18-6-8-20(9-7-18)31(25,29)30/h1-3,6-9,12,16,19,21H,4-5,10-11,13-14,24H2,(H2,25,29,30). The number of sulfonamides is 1. The molecule has 0 aromatic heterocycles. The highest BCUT2D eigenvalue weighted by Gasteiger charge is 2.39. The third kappa shape index (κ3) is 4.57. The van der Waals surface area contributed by atoms with Gasteiger partial charge >= 0.3 is 6.03 Å². The lowest BCUT2D eigenvalue weighted by molar-refractivity contribution is 0.155. The highest BCUT2D eigenvalue weighted by molar-refractivity contribution is 7.89. The Morgan fingerprint density at radius 3 is 2.45 bits per heavy atom. The fourth-order valence-electron chi connectivity index (χ4n) is 4.87. The Morgan fingerprint density at radius 2 is 1.81 bits per heavy atom. The molecule has 2 aromatic rings. The molecule has 2 fully saturated rings. The number of nitrogens with zero attached hydrogens (tertiary/aromatic N) is 2. The molecule has 7 nitrogen and oxygen atoms in total. The van der Waals surface area contributed by atoms with Crippen LogP contribution in [0.3, 0.4) is 0 Å². The molecule has 4 N–H and O–H groups in total. The van der Waals surface area contributed by atoms with Gasteiger partial charge in [0.05, 0.1) is 4.90 Å². The monoisotopic (exact) mass is 462 g/mol. The van der Waals surface area contributed by atoms with E-state index in [0.29, 0.717) is 36.3 Å². The van der Waals surface area contributed by atoms with Gasteiger partial charge in [0, 0.05) is 29.8 Å². The summed E-state index contributed by atoms with van der Waals surface area (Å²) in [4.78, 5) is 16.9. The van der Waals surface area contributed by atoms with Gasteiger partial charge in [-0.1, -0.05) is 23.7 Å². The average Bonchev–Trinajstić information content (AvgIpc) is 3.14. The minimum atomic E-state index is -3.76. The number of hydrogen-bond donors (Lipinski definition) is 2. The highest BCUT2D eigenvalue weighted by Crippen LogP contribution is 2.40. The molecule has 3 unspecified atom stereocenters. The lowest BCUT2D eigenvalue weighted by Gasteiger charge is -2.39. The van der Waals surface area contributed by atoms with Crippen molar-refractivity contribution in [2.24, 2.45) is 16.8 Å². The van der Waals surface area contributed by atoms with Gasteiger partial charge in [-0.15, -0.1) is 0 Å². The van der Waals surface area contributed by atoms with E-state index in [1.54, 1.807) is 17.0 Å². The SMILES string of the molecule is NCC1CCC(N2CCN(c3ccc(S(N)(=O)=O)cc3)C2=O)CC1c1cccc(Cl)c1. The van der Waals surface area contributed by atoms with E-state index < -0.39 is 10.0 Å². The fraction of sp³-hybridized carbons (Fsp3) is 0.409. The van der Waals surface area contributed by atoms with Crippen LogP contribution in [0.2, 0.25) is 5.02 Å². The molecule has 1 saturated carbocycles. The van der Waals surface area contributed by atoms with Crippen molar-refractivity contribution in [3.8, 4) is 0 Å². The summed E-state index contributed by atoms with van der Waals surface area (Å²) in [6, 6.07) is 14.1. The smallest absolute Gasteiger partial charge is 0.324 e. The van der Waals surface area contributed by atoms with Crippen molar-refractivity contribution in [3.63, 3.8) is 0 Å². The largest absolute Gasteiger partial charge is 0.330 e. The number of amides is 2. The second kappa shape index (κ2) is 8.78. The van der Waals surface area contributed by atoms with E-state index >= 15 is 0 Å². The first-order valence-corrected chi connectivity index (χ1v) is 12.4. The number of anilines is 1. The number of primary sulfonamides is 1. The molecule has 166 valence electrons. The molecule has 2 amide bonds. The van der Waals surface area contributed by atoms with Crippen LogP contribution in [-0.4, -0.2) is 45.0 Å². The molecule has 31 heavy (non-hydrogen) atoms. The van der Waals surface area contributed by atoms with Gasteiger partial charge in [-0.25, -0.2) is 18.4 Å². The first-order valence-electron chi connectivity index (χ1n) is 10.4. The van der Waals surface area contributed by atoms with Gasteiger partial charge in [-0.3, -0.25) is 4.90 Å². The third-order valence-electron chi connectivity index (χ3n) is 6.50. The van der Waals surface area contributed by atoms with Crippen LogP contribution < -0.4 is 15.8 Å². The van der Waals surface area contributed by atoms with Crippen LogP contribution in [0.25, 0.3) is 0 Å². The topological polar surface area (TPSA) is 110 Å². The minimum absolute atomic E-state index is 0.0317. The van der Waals surface area contributed by atoms with E-state index in [1.807, 2.05) is 23.1 Å². The molecule has 1 aliphatic heterocycles. The van der Waals surface area contributed by atoms with Crippen molar-refractivity contribution in [3.05, 3.63) is 59.1 Å². The molecule has 1 heterocycles. The Morgan fingerprint density at radius 1 is 1.06 bits per heavy atom. The zero-order chi connectivity index (χ0) is 22.2. The van der Waals surface area contributed by atoms with Crippen LogP contribution in [0.4, 0.5) is 10.5 Å². The van der Waals surface area contributed by atoms with E-state index in [0.717, 1.165) is 19.3 Å². The number of carbonyl (C=O) groups is 1. The summed E-state index contributed by atoms with van der Waals surface area (Å²) in [6.45, 7) is 1.81. The van der Waals surface area contributed by atoms with Crippen LogP contribution in [0.1, 0.15) is 30.7 Å². The summed E-state index contributed by atoms with van der Waals surface area (Å²) in [5.74, 6) is 0.632. The fourth-order valence-corrected chi connectivity index (χ4v) is 5.58. The number of rotatable bonds is 5. The van der Waals surface area contributed by atoms with E-state index in [1.165, 1.54) is 17.7 Å². The zero-order valence-corrected chi connectivity index (χ0v) is 18.7. The maximum absolute atomic E-state index is 13.2. The molecule has 3 atom stereocenters.